The summed E-state index contributed by atoms with van der Waals surface area (Å²) in [5.74, 6) is 0.569. The van der Waals surface area contributed by atoms with Gasteiger partial charge in [0.25, 0.3) is 0 Å². The first-order valence-electron chi connectivity index (χ1n) is 8.83. The molecule has 30 heavy (non-hydrogen) atoms. The van der Waals surface area contributed by atoms with Crippen LogP contribution in [0, 0.1) is 0 Å². The molecule has 0 radical (unpaired) electrons. The van der Waals surface area contributed by atoms with Crippen LogP contribution in [0.4, 0.5) is 17.1 Å². The maximum Gasteiger partial charge on any atom is 0.360 e. The lowest BCUT2D eigenvalue weighted by Crippen LogP contribution is -2.09. The first kappa shape index (κ1) is 20.2. The van der Waals surface area contributed by atoms with Crippen molar-refractivity contribution in [3.63, 3.8) is 0 Å². The summed E-state index contributed by atoms with van der Waals surface area (Å²) in [6, 6.07) is 24.0. The van der Waals surface area contributed by atoms with Crippen molar-refractivity contribution in [3.8, 4) is 17.8 Å². The van der Waals surface area contributed by atoms with E-state index >= 15 is 0 Å². The number of aromatic nitrogens is 4. The molecule has 9 heteroatoms. The van der Waals surface area contributed by atoms with E-state index in [-0.39, 0.29) is 12.0 Å². The molecule has 0 N–H and O–H groups in total. The van der Waals surface area contributed by atoms with Gasteiger partial charge in [-0.2, -0.15) is 0 Å². The minimum atomic E-state index is 0.0428. The van der Waals surface area contributed by atoms with Crippen molar-refractivity contribution in [2.45, 2.75) is 0 Å². The lowest BCUT2D eigenvalue weighted by molar-refractivity contribution is 0.346. The normalized spacial score (nSPS) is 10.5. The number of halogens is 2. The first-order chi connectivity index (χ1) is 14.6. The van der Waals surface area contributed by atoms with Crippen LogP contribution in [-0.4, -0.2) is 27.5 Å². The number of benzene rings is 3. The van der Waals surface area contributed by atoms with E-state index < -0.39 is 0 Å². The van der Waals surface area contributed by atoms with E-state index in [1.807, 2.05) is 48.5 Å². The molecule has 4 rings (SSSR count). The fourth-order valence-corrected chi connectivity index (χ4v) is 3.26. The Morgan fingerprint density at radius 2 is 1.00 bits per heavy atom. The molecule has 4 aromatic rings. The van der Waals surface area contributed by atoms with Crippen LogP contribution in [0.5, 0.6) is 17.8 Å². The topological polar surface area (TPSA) is 73.3 Å². The number of hydrogen-bond donors (Lipinski definition) is 0. The van der Waals surface area contributed by atoms with Crippen molar-refractivity contribution in [2.24, 2.45) is 0 Å². The van der Waals surface area contributed by atoms with Gasteiger partial charge in [-0.3, -0.25) is 0 Å². The predicted octanol–water partition coefficient (Wildman–Crippen LogP) is 6.06. The second-order valence-electron chi connectivity index (χ2n) is 6.05. The molecule has 0 bridgehead atoms. The van der Waals surface area contributed by atoms with Gasteiger partial charge < -0.3 is 14.4 Å². The third kappa shape index (κ3) is 4.74. The highest BCUT2D eigenvalue weighted by atomic mass is 79.9. The molecule has 0 spiro atoms. The highest BCUT2D eigenvalue weighted by Gasteiger charge is 2.13. The van der Waals surface area contributed by atoms with E-state index in [1.165, 1.54) is 7.11 Å². The Balaban J connectivity index is 1.63. The molecule has 0 saturated carbocycles. The van der Waals surface area contributed by atoms with Gasteiger partial charge in [-0.15, -0.1) is 0 Å². The smallest absolute Gasteiger partial charge is 0.360 e. The van der Waals surface area contributed by atoms with E-state index in [1.54, 1.807) is 0 Å². The standard InChI is InChI=1S/C21H15Br2N5O2/c1-29-20-24-26-21(27-25-20)30-19-12-10-18(11-13-19)28(16-6-2-14(22)3-7-16)17-8-4-15(23)5-9-17/h2-13H,1H3. The number of anilines is 3. The minimum Gasteiger partial charge on any atom is -0.465 e. The highest BCUT2D eigenvalue weighted by molar-refractivity contribution is 9.10. The van der Waals surface area contributed by atoms with E-state index in [4.69, 9.17) is 9.47 Å². The van der Waals surface area contributed by atoms with Crippen molar-refractivity contribution in [3.05, 3.63) is 81.7 Å². The summed E-state index contributed by atoms with van der Waals surface area (Å²) < 4.78 is 12.5. The molecule has 0 aliphatic rings. The minimum absolute atomic E-state index is 0.0428. The summed E-state index contributed by atoms with van der Waals surface area (Å²) in [6.45, 7) is 0. The van der Waals surface area contributed by atoms with Gasteiger partial charge in [0, 0.05) is 26.0 Å². The summed E-state index contributed by atoms with van der Waals surface area (Å²) in [5.41, 5.74) is 3.03. The van der Waals surface area contributed by atoms with Crippen LogP contribution in [0.25, 0.3) is 0 Å². The number of rotatable bonds is 6. The quantitative estimate of drug-likeness (QED) is 0.301. The van der Waals surface area contributed by atoms with Gasteiger partial charge >= 0.3 is 12.0 Å². The lowest BCUT2D eigenvalue weighted by atomic mass is 10.2. The molecule has 3 aromatic carbocycles. The molecule has 0 atom stereocenters. The molecule has 1 heterocycles. The summed E-state index contributed by atoms with van der Waals surface area (Å²) in [4.78, 5) is 2.15. The second-order valence-corrected chi connectivity index (χ2v) is 7.88. The zero-order valence-electron chi connectivity index (χ0n) is 15.7. The van der Waals surface area contributed by atoms with Crippen LogP contribution in [0.1, 0.15) is 0 Å². The molecule has 7 nitrogen and oxygen atoms in total. The van der Waals surface area contributed by atoms with Crippen molar-refractivity contribution < 1.29 is 9.47 Å². The molecule has 0 saturated heterocycles. The number of hydrogen-bond acceptors (Lipinski definition) is 7. The predicted molar refractivity (Wildman–Crippen MR) is 121 cm³/mol. The zero-order chi connectivity index (χ0) is 20.9. The van der Waals surface area contributed by atoms with Crippen molar-refractivity contribution >= 4 is 48.9 Å². The monoisotopic (exact) mass is 527 g/mol. The summed E-state index contributed by atoms with van der Waals surface area (Å²) in [6.07, 6.45) is 0. The Morgan fingerprint density at radius 1 is 0.600 bits per heavy atom. The summed E-state index contributed by atoms with van der Waals surface area (Å²) in [7, 11) is 1.45. The van der Waals surface area contributed by atoms with Crippen molar-refractivity contribution in [1.29, 1.82) is 0 Å². The highest BCUT2D eigenvalue weighted by Crippen LogP contribution is 2.36. The van der Waals surface area contributed by atoms with Crippen LogP contribution in [-0.2, 0) is 0 Å². The second kappa shape index (κ2) is 9.19. The molecular weight excluding hydrogens is 514 g/mol. The number of nitrogens with zero attached hydrogens (tertiary/aromatic N) is 5. The van der Waals surface area contributed by atoms with E-state index in [0.29, 0.717) is 5.75 Å². The van der Waals surface area contributed by atoms with Crippen LogP contribution in [0.15, 0.2) is 81.7 Å². The van der Waals surface area contributed by atoms with E-state index in [9.17, 15) is 0 Å². The maximum absolute atomic E-state index is 5.62. The molecule has 150 valence electrons. The lowest BCUT2D eigenvalue weighted by Gasteiger charge is -2.25. The van der Waals surface area contributed by atoms with Crippen LogP contribution in [0.2, 0.25) is 0 Å². The van der Waals surface area contributed by atoms with E-state index in [2.05, 4.69) is 81.4 Å². The summed E-state index contributed by atoms with van der Waals surface area (Å²) >= 11 is 6.99. The fourth-order valence-electron chi connectivity index (χ4n) is 2.73. The fraction of sp³-hybridized carbons (Fsp3) is 0.0476. The first-order valence-corrected chi connectivity index (χ1v) is 10.4. The molecular formula is C21H15Br2N5O2. The van der Waals surface area contributed by atoms with Gasteiger partial charge in [0.1, 0.15) is 5.75 Å². The number of methoxy groups -OCH3 is 1. The van der Waals surface area contributed by atoms with Crippen LogP contribution < -0.4 is 14.4 Å². The van der Waals surface area contributed by atoms with Gasteiger partial charge in [-0.05, 0) is 72.8 Å². The van der Waals surface area contributed by atoms with Gasteiger partial charge in [0.15, 0.2) is 0 Å². The molecule has 0 unspecified atom stereocenters. The average Bonchev–Trinajstić information content (AvgIpc) is 2.78. The van der Waals surface area contributed by atoms with Crippen LogP contribution >= 0.6 is 31.9 Å². The molecule has 0 fully saturated rings. The third-order valence-corrected chi connectivity index (χ3v) is 5.16. The SMILES string of the molecule is COc1nnc(Oc2ccc(N(c3ccc(Br)cc3)c3ccc(Br)cc3)cc2)nn1. The molecule has 1 aromatic heterocycles. The Kier molecular flexibility index (Phi) is 6.20. The molecule has 0 aliphatic carbocycles. The third-order valence-electron chi connectivity index (χ3n) is 4.10. The van der Waals surface area contributed by atoms with E-state index in [0.717, 1.165) is 26.0 Å². The Morgan fingerprint density at radius 3 is 1.43 bits per heavy atom. The van der Waals surface area contributed by atoms with Crippen molar-refractivity contribution in [1.82, 2.24) is 20.4 Å². The Hall–Kier alpha value is -3.04. The largest absolute Gasteiger partial charge is 0.465 e. The Labute approximate surface area is 190 Å². The average molecular weight is 529 g/mol. The Bertz CT molecular complexity index is 1060. The zero-order valence-corrected chi connectivity index (χ0v) is 18.9. The number of ether oxygens (including phenoxy) is 2. The van der Waals surface area contributed by atoms with Crippen molar-refractivity contribution in [2.75, 3.05) is 12.0 Å². The summed E-state index contributed by atoms with van der Waals surface area (Å²) in [5, 5.41) is 15.1. The van der Waals surface area contributed by atoms with Gasteiger partial charge in [-0.1, -0.05) is 52.3 Å². The van der Waals surface area contributed by atoms with Gasteiger partial charge in [0.2, 0.25) is 0 Å². The van der Waals surface area contributed by atoms with Gasteiger partial charge in [0.05, 0.1) is 7.11 Å². The maximum atomic E-state index is 5.62. The molecule has 0 amide bonds. The van der Waals surface area contributed by atoms with Crippen LogP contribution in [0.3, 0.4) is 0 Å². The molecule has 0 aliphatic heterocycles. The van der Waals surface area contributed by atoms with Gasteiger partial charge in [-0.25, -0.2) is 0 Å².